The molecule has 0 fully saturated rings. The lowest BCUT2D eigenvalue weighted by Gasteiger charge is -2.12. The van der Waals surface area contributed by atoms with Gasteiger partial charge in [0.05, 0.1) is 23.4 Å². The first-order valence-corrected chi connectivity index (χ1v) is 11.1. The Morgan fingerprint density at radius 2 is 1.81 bits per heavy atom. The summed E-state index contributed by atoms with van der Waals surface area (Å²) in [5.74, 6) is 0.395. The molecule has 1 aromatic carbocycles. The number of rotatable bonds is 9. The maximum Gasteiger partial charge on any atom is 0.416 e. The van der Waals surface area contributed by atoms with Gasteiger partial charge in [0.25, 0.3) is 5.91 Å². The Morgan fingerprint density at radius 3 is 2.46 bits per heavy atom. The molecule has 3 aromatic heterocycles. The molecule has 0 bridgehead atoms. The van der Waals surface area contributed by atoms with Crippen LogP contribution in [0.25, 0.3) is 16.9 Å². The minimum atomic E-state index is -4.46. The summed E-state index contributed by atoms with van der Waals surface area (Å²) in [4.78, 5) is 25.3. The molecule has 3 heterocycles. The Bertz CT molecular complexity index is 1430. The van der Waals surface area contributed by atoms with Crippen LogP contribution in [0.15, 0.2) is 54.9 Å². The number of imidazole rings is 1. The van der Waals surface area contributed by atoms with Gasteiger partial charge in [-0.15, -0.1) is 0 Å². The van der Waals surface area contributed by atoms with E-state index in [-0.39, 0.29) is 18.8 Å². The summed E-state index contributed by atoms with van der Waals surface area (Å²) < 4.78 is 40.5. The van der Waals surface area contributed by atoms with Crippen LogP contribution in [0.3, 0.4) is 0 Å². The SMILES string of the molecule is N#Cc1ccc(NCCNc2nc(-c3ccc(C(F)(F)F)cc3)cc3nc(C(=O)NCCO)cn23)nc1. The van der Waals surface area contributed by atoms with Crippen molar-refractivity contribution < 1.29 is 23.1 Å². The van der Waals surface area contributed by atoms with Crippen LogP contribution in [0.5, 0.6) is 0 Å². The van der Waals surface area contributed by atoms with Crippen molar-refractivity contribution in [2.45, 2.75) is 6.18 Å². The number of pyridine rings is 1. The molecule has 0 spiro atoms. The monoisotopic (exact) mass is 510 g/mol. The van der Waals surface area contributed by atoms with Crippen molar-refractivity contribution >= 4 is 23.3 Å². The highest BCUT2D eigenvalue weighted by Gasteiger charge is 2.30. The Kier molecular flexibility index (Phi) is 7.49. The third-order valence-electron chi connectivity index (χ3n) is 5.20. The van der Waals surface area contributed by atoms with Gasteiger partial charge < -0.3 is 21.1 Å². The van der Waals surface area contributed by atoms with E-state index in [0.29, 0.717) is 47.3 Å². The van der Waals surface area contributed by atoms with Crippen LogP contribution in [0.4, 0.5) is 24.9 Å². The van der Waals surface area contributed by atoms with E-state index in [1.807, 2.05) is 6.07 Å². The smallest absolute Gasteiger partial charge is 0.395 e. The minimum absolute atomic E-state index is 0.0575. The van der Waals surface area contributed by atoms with Gasteiger partial charge in [-0.25, -0.2) is 15.0 Å². The molecule has 190 valence electrons. The van der Waals surface area contributed by atoms with Gasteiger partial charge in [-0.1, -0.05) is 12.1 Å². The molecule has 0 saturated carbocycles. The highest BCUT2D eigenvalue weighted by atomic mass is 19.4. The molecule has 0 aliphatic heterocycles. The first kappa shape index (κ1) is 25.4. The van der Waals surface area contributed by atoms with Crippen LogP contribution in [-0.2, 0) is 6.18 Å². The Labute approximate surface area is 208 Å². The number of aliphatic hydroxyl groups is 1. The van der Waals surface area contributed by atoms with Gasteiger partial charge in [0.2, 0.25) is 5.95 Å². The fraction of sp³-hybridized carbons (Fsp3) is 0.208. The van der Waals surface area contributed by atoms with Crippen LogP contribution in [0.1, 0.15) is 21.6 Å². The van der Waals surface area contributed by atoms with Crippen molar-refractivity contribution in [3.63, 3.8) is 0 Å². The van der Waals surface area contributed by atoms with Gasteiger partial charge in [-0.3, -0.25) is 9.20 Å². The molecule has 0 aliphatic rings. The fourth-order valence-electron chi connectivity index (χ4n) is 3.39. The molecule has 4 aromatic rings. The van der Waals surface area contributed by atoms with E-state index in [1.165, 1.54) is 24.5 Å². The molecule has 0 atom stereocenters. The van der Waals surface area contributed by atoms with E-state index in [0.717, 1.165) is 12.1 Å². The summed E-state index contributed by atoms with van der Waals surface area (Å²) >= 11 is 0. The number of aromatic nitrogens is 4. The third kappa shape index (κ3) is 6.11. The summed E-state index contributed by atoms with van der Waals surface area (Å²) in [5, 5.41) is 26.6. The minimum Gasteiger partial charge on any atom is -0.395 e. The fourth-order valence-corrected chi connectivity index (χ4v) is 3.39. The molecular weight excluding hydrogens is 489 g/mol. The number of halogens is 3. The number of fused-ring (bicyclic) bond motifs is 1. The van der Waals surface area contributed by atoms with E-state index in [2.05, 4.69) is 30.9 Å². The second kappa shape index (κ2) is 10.9. The van der Waals surface area contributed by atoms with Crippen LogP contribution < -0.4 is 16.0 Å². The van der Waals surface area contributed by atoms with Gasteiger partial charge in [-0.2, -0.15) is 18.4 Å². The van der Waals surface area contributed by atoms with Crippen molar-refractivity contribution in [2.24, 2.45) is 0 Å². The normalized spacial score (nSPS) is 11.2. The molecule has 13 heteroatoms. The number of alkyl halides is 3. The van der Waals surface area contributed by atoms with Gasteiger partial charge in [0.1, 0.15) is 23.2 Å². The zero-order valence-corrected chi connectivity index (χ0v) is 19.3. The quantitative estimate of drug-likeness (QED) is 0.252. The first-order chi connectivity index (χ1) is 17.8. The average Bonchev–Trinajstić information content (AvgIpc) is 3.34. The van der Waals surface area contributed by atoms with Crippen molar-refractivity contribution in [2.75, 3.05) is 36.9 Å². The molecule has 0 aliphatic carbocycles. The zero-order chi connectivity index (χ0) is 26.4. The lowest BCUT2D eigenvalue weighted by molar-refractivity contribution is -0.137. The molecule has 10 nitrogen and oxygen atoms in total. The van der Waals surface area contributed by atoms with E-state index in [4.69, 9.17) is 10.4 Å². The van der Waals surface area contributed by atoms with E-state index in [9.17, 15) is 18.0 Å². The highest BCUT2D eigenvalue weighted by Crippen LogP contribution is 2.31. The number of anilines is 2. The molecule has 1 amide bonds. The summed E-state index contributed by atoms with van der Waals surface area (Å²) in [6, 6.07) is 11.5. The predicted octanol–water partition coefficient (Wildman–Crippen LogP) is 2.93. The standard InChI is InChI=1S/C24H21F3N8O2/c25-24(26,27)17-4-2-16(3-5-17)18-11-21-33-19(22(37)30-9-10-36)14-35(21)23(34-18)31-8-7-29-20-6-1-15(12-28)13-32-20/h1-6,11,13-14,36H,7-10H2,(H,29,32)(H,30,37)(H,31,34). The van der Waals surface area contributed by atoms with E-state index < -0.39 is 17.6 Å². The lowest BCUT2D eigenvalue weighted by atomic mass is 10.1. The summed E-state index contributed by atoms with van der Waals surface area (Å²) in [5.41, 5.74) is 0.897. The van der Waals surface area contributed by atoms with Gasteiger partial charge in [0, 0.05) is 43.7 Å². The topological polar surface area (TPSA) is 140 Å². The number of carbonyl (C=O) groups is 1. The van der Waals surface area contributed by atoms with Crippen molar-refractivity contribution in [1.29, 1.82) is 5.26 Å². The number of hydrogen-bond acceptors (Lipinski definition) is 8. The van der Waals surface area contributed by atoms with Gasteiger partial charge in [-0.05, 0) is 24.3 Å². The predicted molar refractivity (Wildman–Crippen MR) is 129 cm³/mol. The number of benzene rings is 1. The largest absolute Gasteiger partial charge is 0.416 e. The van der Waals surface area contributed by atoms with E-state index >= 15 is 0 Å². The summed E-state index contributed by atoms with van der Waals surface area (Å²) in [7, 11) is 0. The number of carbonyl (C=O) groups excluding carboxylic acids is 1. The molecule has 0 unspecified atom stereocenters. The van der Waals surface area contributed by atoms with Gasteiger partial charge >= 0.3 is 6.18 Å². The van der Waals surface area contributed by atoms with Crippen molar-refractivity contribution in [3.8, 4) is 17.3 Å². The van der Waals surface area contributed by atoms with Crippen LogP contribution in [0, 0.1) is 11.3 Å². The number of amides is 1. The average molecular weight is 510 g/mol. The van der Waals surface area contributed by atoms with Crippen LogP contribution in [0.2, 0.25) is 0 Å². The molecule has 37 heavy (non-hydrogen) atoms. The molecule has 4 N–H and O–H groups in total. The maximum atomic E-state index is 13.0. The summed E-state index contributed by atoms with van der Waals surface area (Å²) in [6.45, 7) is 0.615. The molecule has 4 rings (SSSR count). The van der Waals surface area contributed by atoms with E-state index in [1.54, 1.807) is 22.6 Å². The highest BCUT2D eigenvalue weighted by molar-refractivity contribution is 5.93. The molecule has 0 saturated heterocycles. The number of nitrogens with zero attached hydrogens (tertiary/aromatic N) is 5. The number of hydrogen-bond donors (Lipinski definition) is 4. The summed E-state index contributed by atoms with van der Waals surface area (Å²) in [6.07, 6.45) is -1.54. The lowest BCUT2D eigenvalue weighted by Crippen LogP contribution is -2.26. The second-order valence-electron chi connectivity index (χ2n) is 7.77. The van der Waals surface area contributed by atoms with Crippen LogP contribution >= 0.6 is 0 Å². The number of nitrogens with one attached hydrogen (secondary N) is 3. The maximum absolute atomic E-state index is 13.0. The zero-order valence-electron chi connectivity index (χ0n) is 19.3. The Morgan fingerprint density at radius 1 is 1.05 bits per heavy atom. The Hall–Kier alpha value is -4.70. The molecular formula is C24H21F3N8O2. The van der Waals surface area contributed by atoms with Crippen molar-refractivity contribution in [3.05, 3.63) is 71.7 Å². The number of aliphatic hydroxyl groups excluding tert-OH is 1. The molecule has 0 radical (unpaired) electrons. The van der Waals surface area contributed by atoms with Crippen LogP contribution in [-0.4, -0.2) is 56.6 Å². The first-order valence-electron chi connectivity index (χ1n) is 11.1. The van der Waals surface area contributed by atoms with Crippen molar-refractivity contribution in [1.82, 2.24) is 24.7 Å². The Balaban J connectivity index is 1.59. The second-order valence-corrected chi connectivity index (χ2v) is 7.77. The third-order valence-corrected chi connectivity index (χ3v) is 5.20. The number of nitriles is 1. The van der Waals surface area contributed by atoms with Gasteiger partial charge in [0.15, 0.2) is 0 Å².